The molecule has 0 saturated heterocycles. The van der Waals surface area contributed by atoms with Gasteiger partial charge in [-0.05, 0) is 42.8 Å². The molecule has 0 aromatic heterocycles. The number of rotatable bonds is 6. The van der Waals surface area contributed by atoms with Gasteiger partial charge in [-0.15, -0.1) is 0 Å². The molecule has 0 aliphatic carbocycles. The molecule has 2 rings (SSSR count). The zero-order valence-electron chi connectivity index (χ0n) is 14.9. The molecule has 2 aromatic carbocycles. The van der Waals surface area contributed by atoms with Crippen LogP contribution in [0.4, 0.5) is 5.69 Å². The summed E-state index contributed by atoms with van der Waals surface area (Å²) in [6.07, 6.45) is 0. The van der Waals surface area contributed by atoms with Crippen molar-refractivity contribution in [2.45, 2.75) is 13.8 Å². The number of anilines is 1. The van der Waals surface area contributed by atoms with E-state index in [1.54, 1.807) is 30.3 Å². The van der Waals surface area contributed by atoms with Crippen molar-refractivity contribution in [2.75, 3.05) is 18.4 Å². The molecule has 142 valence electrons. The smallest absolute Gasteiger partial charge is 0.251 e. The number of carbonyl (C=O) groups is 3. The molecule has 0 atom stereocenters. The van der Waals surface area contributed by atoms with E-state index in [1.807, 2.05) is 6.92 Å². The lowest BCUT2D eigenvalue weighted by molar-refractivity contribution is -0.114. The van der Waals surface area contributed by atoms with Crippen molar-refractivity contribution in [3.8, 4) is 0 Å². The zero-order chi connectivity index (χ0) is 20.0. The predicted molar refractivity (Wildman–Crippen MR) is 107 cm³/mol. The molecular weight excluding hydrogens is 389 g/mol. The molecule has 2 aromatic rings. The van der Waals surface area contributed by atoms with E-state index in [4.69, 9.17) is 23.2 Å². The Morgan fingerprint density at radius 2 is 1.41 bits per heavy atom. The van der Waals surface area contributed by atoms with Gasteiger partial charge in [-0.1, -0.05) is 29.3 Å². The van der Waals surface area contributed by atoms with Crippen LogP contribution >= 0.6 is 23.2 Å². The highest BCUT2D eigenvalue weighted by atomic mass is 35.5. The lowest BCUT2D eigenvalue weighted by Gasteiger charge is -2.10. The zero-order valence-corrected chi connectivity index (χ0v) is 16.4. The van der Waals surface area contributed by atoms with E-state index in [2.05, 4.69) is 16.0 Å². The fourth-order valence-corrected chi connectivity index (χ4v) is 2.58. The predicted octanol–water partition coefficient (Wildman–Crippen LogP) is 3.42. The average molecular weight is 408 g/mol. The Morgan fingerprint density at radius 3 is 1.96 bits per heavy atom. The molecule has 6 nitrogen and oxygen atoms in total. The fraction of sp³-hybridized carbons (Fsp3) is 0.211. The summed E-state index contributed by atoms with van der Waals surface area (Å²) >= 11 is 11.7. The van der Waals surface area contributed by atoms with Crippen LogP contribution < -0.4 is 16.0 Å². The van der Waals surface area contributed by atoms with E-state index in [9.17, 15) is 14.4 Å². The number of hydrogen-bond acceptors (Lipinski definition) is 3. The number of amides is 3. The van der Waals surface area contributed by atoms with E-state index >= 15 is 0 Å². The van der Waals surface area contributed by atoms with E-state index in [-0.39, 0.29) is 30.8 Å². The van der Waals surface area contributed by atoms with Crippen molar-refractivity contribution in [1.29, 1.82) is 0 Å². The second-order valence-corrected chi connectivity index (χ2v) is 6.67. The minimum atomic E-state index is -0.314. The topological polar surface area (TPSA) is 87.3 Å². The third-order valence-electron chi connectivity index (χ3n) is 3.69. The van der Waals surface area contributed by atoms with E-state index < -0.39 is 0 Å². The van der Waals surface area contributed by atoms with E-state index in [1.165, 1.54) is 13.0 Å². The minimum absolute atomic E-state index is 0.208. The van der Waals surface area contributed by atoms with Crippen LogP contribution in [0.2, 0.25) is 10.0 Å². The van der Waals surface area contributed by atoms with Crippen LogP contribution in [0.3, 0.4) is 0 Å². The first-order chi connectivity index (χ1) is 12.8. The molecule has 27 heavy (non-hydrogen) atoms. The van der Waals surface area contributed by atoms with Crippen LogP contribution in [-0.4, -0.2) is 30.8 Å². The van der Waals surface area contributed by atoms with Gasteiger partial charge >= 0.3 is 0 Å². The minimum Gasteiger partial charge on any atom is -0.350 e. The average Bonchev–Trinajstić information content (AvgIpc) is 2.62. The highest BCUT2D eigenvalue weighted by Gasteiger charge is 2.10. The lowest BCUT2D eigenvalue weighted by Crippen LogP contribution is -2.34. The molecule has 0 saturated carbocycles. The molecule has 0 fully saturated rings. The summed E-state index contributed by atoms with van der Waals surface area (Å²) in [6, 6.07) is 9.63. The number of halogens is 2. The second kappa shape index (κ2) is 9.39. The van der Waals surface area contributed by atoms with Crippen molar-refractivity contribution in [1.82, 2.24) is 10.6 Å². The quantitative estimate of drug-likeness (QED) is 0.641. The Hall–Kier alpha value is -2.57. The van der Waals surface area contributed by atoms with Crippen LogP contribution in [-0.2, 0) is 4.79 Å². The van der Waals surface area contributed by atoms with Crippen LogP contribution in [0.25, 0.3) is 0 Å². The molecule has 8 heteroatoms. The van der Waals surface area contributed by atoms with Gasteiger partial charge in [-0.3, -0.25) is 14.4 Å². The normalized spacial score (nSPS) is 10.2. The van der Waals surface area contributed by atoms with Gasteiger partial charge in [-0.2, -0.15) is 0 Å². The first-order valence-corrected chi connectivity index (χ1v) is 8.93. The molecule has 3 amide bonds. The number of benzene rings is 2. The molecule has 0 aliphatic rings. The fourth-order valence-electron chi connectivity index (χ4n) is 2.28. The highest BCUT2D eigenvalue weighted by molar-refractivity contribution is 6.42. The van der Waals surface area contributed by atoms with Crippen LogP contribution in [0.1, 0.15) is 33.2 Å². The van der Waals surface area contributed by atoms with E-state index in [0.29, 0.717) is 26.9 Å². The van der Waals surface area contributed by atoms with Gasteiger partial charge in [0.25, 0.3) is 11.8 Å². The van der Waals surface area contributed by atoms with Crippen LogP contribution in [0.5, 0.6) is 0 Å². The molecule has 0 spiro atoms. The summed E-state index contributed by atoms with van der Waals surface area (Å²) in [5.41, 5.74) is 2.24. The Balaban J connectivity index is 1.86. The summed E-state index contributed by atoms with van der Waals surface area (Å²) < 4.78 is 0. The van der Waals surface area contributed by atoms with Gasteiger partial charge < -0.3 is 16.0 Å². The standard InChI is InChI=1S/C19H19Cl2N3O3/c1-11-3-4-14(10-17(11)24-12(2)25)19(27)23-8-7-22-18(26)13-5-6-15(20)16(21)9-13/h3-6,9-10H,7-8H2,1-2H3,(H,22,26)(H,23,27)(H,24,25). The number of carbonyl (C=O) groups excluding carboxylic acids is 3. The summed E-state index contributed by atoms with van der Waals surface area (Å²) in [4.78, 5) is 35.5. The van der Waals surface area contributed by atoms with Gasteiger partial charge in [0.1, 0.15) is 0 Å². The van der Waals surface area contributed by atoms with Crippen molar-refractivity contribution < 1.29 is 14.4 Å². The maximum absolute atomic E-state index is 12.2. The SMILES string of the molecule is CC(=O)Nc1cc(C(=O)NCCNC(=O)c2ccc(Cl)c(Cl)c2)ccc1C. The summed E-state index contributed by atoms with van der Waals surface area (Å²) in [5.74, 6) is -0.822. The first kappa shape index (κ1) is 20.7. The van der Waals surface area contributed by atoms with Gasteiger partial charge in [0.05, 0.1) is 10.0 Å². The Morgan fingerprint density at radius 1 is 0.852 bits per heavy atom. The van der Waals surface area contributed by atoms with Crippen LogP contribution in [0.15, 0.2) is 36.4 Å². The largest absolute Gasteiger partial charge is 0.350 e. The van der Waals surface area contributed by atoms with Crippen molar-refractivity contribution in [2.24, 2.45) is 0 Å². The third-order valence-corrected chi connectivity index (χ3v) is 4.43. The number of nitrogens with one attached hydrogen (secondary N) is 3. The van der Waals surface area contributed by atoms with Crippen LogP contribution in [0, 0.1) is 6.92 Å². The Bertz CT molecular complexity index is 884. The molecule has 0 unspecified atom stereocenters. The molecule has 3 N–H and O–H groups in total. The van der Waals surface area contributed by atoms with Gasteiger partial charge in [-0.25, -0.2) is 0 Å². The lowest BCUT2D eigenvalue weighted by atomic mass is 10.1. The highest BCUT2D eigenvalue weighted by Crippen LogP contribution is 2.22. The van der Waals surface area contributed by atoms with Crippen molar-refractivity contribution in [3.63, 3.8) is 0 Å². The first-order valence-electron chi connectivity index (χ1n) is 8.17. The Labute approximate surface area is 167 Å². The second-order valence-electron chi connectivity index (χ2n) is 5.85. The number of aryl methyl sites for hydroxylation is 1. The molecule has 0 bridgehead atoms. The molecule has 0 radical (unpaired) electrons. The van der Waals surface area contributed by atoms with Crippen molar-refractivity contribution >= 4 is 46.6 Å². The maximum Gasteiger partial charge on any atom is 0.251 e. The summed E-state index contributed by atoms with van der Waals surface area (Å²) in [5, 5.41) is 8.75. The van der Waals surface area contributed by atoms with Crippen molar-refractivity contribution in [3.05, 3.63) is 63.1 Å². The Kier molecular flexibility index (Phi) is 7.21. The monoisotopic (exact) mass is 407 g/mol. The number of hydrogen-bond donors (Lipinski definition) is 3. The summed E-state index contributed by atoms with van der Waals surface area (Å²) in [6.45, 7) is 3.73. The molecule has 0 heterocycles. The van der Waals surface area contributed by atoms with Gasteiger partial charge in [0.15, 0.2) is 0 Å². The van der Waals surface area contributed by atoms with Gasteiger partial charge in [0.2, 0.25) is 5.91 Å². The van der Waals surface area contributed by atoms with Gasteiger partial charge in [0, 0.05) is 36.8 Å². The van der Waals surface area contributed by atoms with E-state index in [0.717, 1.165) is 5.56 Å². The maximum atomic E-state index is 12.2. The third kappa shape index (κ3) is 5.98. The molecular formula is C19H19Cl2N3O3. The molecule has 0 aliphatic heterocycles. The summed E-state index contributed by atoms with van der Waals surface area (Å²) in [7, 11) is 0.